The van der Waals surface area contributed by atoms with Crippen molar-refractivity contribution in [1.82, 2.24) is 4.57 Å². The molecule has 15 heavy (non-hydrogen) atoms. The van der Waals surface area contributed by atoms with Gasteiger partial charge in [0, 0.05) is 24.7 Å². The number of phenolic OH excluding ortho intramolecular Hbond substituents is 1. The molecule has 0 spiro atoms. The third-order valence-electron chi connectivity index (χ3n) is 2.29. The van der Waals surface area contributed by atoms with Gasteiger partial charge >= 0.3 is 5.97 Å². The highest BCUT2D eigenvalue weighted by Gasteiger charge is 2.14. The Bertz CT molecular complexity index is 559. The summed E-state index contributed by atoms with van der Waals surface area (Å²) in [4.78, 5) is 10.9. The number of aromatic hydroxyl groups is 1. The number of carboxylic acid groups (broad SMARTS) is 1. The molecule has 1 aromatic heterocycles. The van der Waals surface area contributed by atoms with Crippen LogP contribution in [0.15, 0.2) is 22.8 Å². The van der Waals surface area contributed by atoms with Crippen molar-refractivity contribution in [2.45, 2.75) is 0 Å². The molecule has 0 atom stereocenters. The molecule has 0 saturated carbocycles. The number of carboxylic acids is 1. The number of rotatable bonds is 1. The highest BCUT2D eigenvalue weighted by molar-refractivity contribution is 9.10. The Morgan fingerprint density at radius 3 is 2.73 bits per heavy atom. The molecule has 0 amide bonds. The van der Waals surface area contributed by atoms with Crippen molar-refractivity contribution >= 4 is 32.8 Å². The van der Waals surface area contributed by atoms with E-state index in [0.717, 1.165) is 0 Å². The first-order valence-electron chi connectivity index (χ1n) is 4.21. The number of hydrogen-bond donors (Lipinski definition) is 2. The first-order chi connectivity index (χ1) is 7.00. The van der Waals surface area contributed by atoms with E-state index >= 15 is 0 Å². The summed E-state index contributed by atoms with van der Waals surface area (Å²) in [5, 5.41) is 19.1. The Hall–Kier alpha value is -1.49. The van der Waals surface area contributed by atoms with Gasteiger partial charge in [-0.05, 0) is 22.0 Å². The van der Waals surface area contributed by atoms with Crippen LogP contribution in [0.25, 0.3) is 10.9 Å². The van der Waals surface area contributed by atoms with Gasteiger partial charge in [0.1, 0.15) is 5.75 Å². The summed E-state index contributed by atoms with van der Waals surface area (Å²) in [6, 6.07) is 3.14. The highest BCUT2D eigenvalue weighted by atomic mass is 79.9. The first-order valence-corrected chi connectivity index (χ1v) is 5.01. The monoisotopic (exact) mass is 269 g/mol. The fourth-order valence-electron chi connectivity index (χ4n) is 1.56. The maximum atomic E-state index is 10.9. The summed E-state index contributed by atoms with van der Waals surface area (Å²) >= 11 is 3.16. The lowest BCUT2D eigenvalue weighted by atomic mass is 10.2. The van der Waals surface area contributed by atoms with Gasteiger partial charge in [-0.1, -0.05) is 0 Å². The summed E-state index contributed by atoms with van der Waals surface area (Å²) in [5.41, 5.74) is 0.918. The topological polar surface area (TPSA) is 62.5 Å². The van der Waals surface area contributed by atoms with E-state index in [9.17, 15) is 9.90 Å². The normalized spacial score (nSPS) is 10.8. The molecule has 1 heterocycles. The molecule has 4 nitrogen and oxygen atoms in total. The molecule has 1 aromatic carbocycles. The summed E-state index contributed by atoms with van der Waals surface area (Å²) < 4.78 is 2.16. The first kappa shape index (κ1) is 10.0. The number of phenols is 1. The molecule has 2 N–H and O–H groups in total. The SMILES string of the molecule is Cn1cc(C(=O)O)c2cc(Br)c(O)cc21. The molecule has 0 aliphatic rings. The van der Waals surface area contributed by atoms with E-state index in [1.807, 2.05) is 0 Å². The fraction of sp³-hybridized carbons (Fsp3) is 0.100. The number of carbonyl (C=O) groups is 1. The van der Waals surface area contributed by atoms with Crippen LogP contribution in [0.3, 0.4) is 0 Å². The van der Waals surface area contributed by atoms with Gasteiger partial charge in [0.15, 0.2) is 0 Å². The van der Waals surface area contributed by atoms with Crippen molar-refractivity contribution in [2.75, 3.05) is 0 Å². The van der Waals surface area contributed by atoms with Crippen LogP contribution in [0.5, 0.6) is 5.75 Å². The lowest BCUT2D eigenvalue weighted by molar-refractivity contribution is 0.0699. The van der Waals surface area contributed by atoms with Crippen molar-refractivity contribution in [3.63, 3.8) is 0 Å². The van der Waals surface area contributed by atoms with Crippen molar-refractivity contribution in [3.8, 4) is 5.75 Å². The summed E-state index contributed by atoms with van der Waals surface area (Å²) in [7, 11) is 1.74. The quantitative estimate of drug-likeness (QED) is 0.836. The largest absolute Gasteiger partial charge is 0.507 e. The van der Waals surface area contributed by atoms with Crippen LogP contribution in [0.2, 0.25) is 0 Å². The minimum absolute atomic E-state index is 0.0978. The fourth-order valence-corrected chi connectivity index (χ4v) is 1.90. The van der Waals surface area contributed by atoms with E-state index < -0.39 is 5.97 Å². The van der Waals surface area contributed by atoms with Crippen LogP contribution in [0.4, 0.5) is 0 Å². The predicted octanol–water partition coefficient (Wildman–Crippen LogP) is 2.34. The van der Waals surface area contributed by atoms with Gasteiger partial charge in [0.05, 0.1) is 15.6 Å². The van der Waals surface area contributed by atoms with Gasteiger partial charge in [-0.15, -0.1) is 0 Å². The van der Waals surface area contributed by atoms with E-state index in [4.69, 9.17) is 5.11 Å². The van der Waals surface area contributed by atoms with Gasteiger partial charge in [0.25, 0.3) is 0 Å². The Kier molecular flexibility index (Phi) is 2.19. The van der Waals surface area contributed by atoms with Crippen LogP contribution in [-0.2, 0) is 7.05 Å². The standard InChI is InChI=1S/C10H8BrNO3/c1-12-4-6(10(14)15)5-2-7(11)9(13)3-8(5)12/h2-4,13H,1H3,(H,14,15). The molecule has 0 bridgehead atoms. The zero-order valence-corrected chi connectivity index (χ0v) is 9.45. The molecule has 2 aromatic rings. The summed E-state index contributed by atoms with van der Waals surface area (Å²) in [6.07, 6.45) is 1.53. The second kappa shape index (κ2) is 3.27. The predicted molar refractivity (Wildman–Crippen MR) is 59.2 cm³/mol. The number of aryl methyl sites for hydroxylation is 1. The lowest BCUT2D eigenvalue weighted by Gasteiger charge is -1.99. The minimum Gasteiger partial charge on any atom is -0.507 e. The third-order valence-corrected chi connectivity index (χ3v) is 2.92. The van der Waals surface area contributed by atoms with E-state index in [1.165, 1.54) is 12.3 Å². The molecule has 0 radical (unpaired) electrons. The molecule has 0 unspecified atom stereocenters. The highest BCUT2D eigenvalue weighted by Crippen LogP contribution is 2.31. The van der Waals surface area contributed by atoms with Crippen LogP contribution in [-0.4, -0.2) is 20.7 Å². The van der Waals surface area contributed by atoms with Gasteiger partial charge in [-0.2, -0.15) is 0 Å². The van der Waals surface area contributed by atoms with Crippen LogP contribution in [0, 0.1) is 0 Å². The van der Waals surface area contributed by atoms with Crippen LogP contribution >= 0.6 is 15.9 Å². The van der Waals surface area contributed by atoms with Gasteiger partial charge in [-0.3, -0.25) is 0 Å². The lowest BCUT2D eigenvalue weighted by Crippen LogP contribution is -1.93. The van der Waals surface area contributed by atoms with Crippen LogP contribution in [0.1, 0.15) is 10.4 Å². The molecule has 0 aliphatic heterocycles. The van der Waals surface area contributed by atoms with Gasteiger partial charge < -0.3 is 14.8 Å². The molecule has 78 valence electrons. The number of hydrogen-bond acceptors (Lipinski definition) is 2. The maximum Gasteiger partial charge on any atom is 0.337 e. The molecule has 2 rings (SSSR count). The van der Waals surface area contributed by atoms with Gasteiger partial charge in [-0.25, -0.2) is 4.79 Å². The zero-order chi connectivity index (χ0) is 11.2. The van der Waals surface area contributed by atoms with E-state index in [-0.39, 0.29) is 11.3 Å². The molecular weight excluding hydrogens is 262 g/mol. The van der Waals surface area contributed by atoms with E-state index in [0.29, 0.717) is 15.4 Å². The van der Waals surface area contributed by atoms with Crippen LogP contribution < -0.4 is 0 Å². The second-order valence-corrected chi connectivity index (χ2v) is 4.13. The molecule has 0 saturated heterocycles. The Balaban J connectivity index is 2.88. The number of halogens is 1. The second-order valence-electron chi connectivity index (χ2n) is 3.28. The maximum absolute atomic E-state index is 10.9. The number of aromatic nitrogens is 1. The molecule has 0 fully saturated rings. The van der Waals surface area contributed by atoms with Crippen molar-refractivity contribution in [2.24, 2.45) is 7.05 Å². The Labute approximate surface area is 93.9 Å². The zero-order valence-electron chi connectivity index (χ0n) is 7.86. The Morgan fingerprint density at radius 2 is 2.13 bits per heavy atom. The van der Waals surface area contributed by atoms with E-state index in [2.05, 4.69) is 15.9 Å². The average Bonchev–Trinajstić information content (AvgIpc) is 2.45. The third kappa shape index (κ3) is 1.48. The van der Waals surface area contributed by atoms with Gasteiger partial charge in [0.2, 0.25) is 0 Å². The van der Waals surface area contributed by atoms with E-state index in [1.54, 1.807) is 17.7 Å². The summed E-state index contributed by atoms with van der Waals surface area (Å²) in [6.45, 7) is 0. The molecular formula is C10H8BrNO3. The van der Waals surface area contributed by atoms with Crippen molar-refractivity contribution in [1.29, 1.82) is 0 Å². The number of aromatic carboxylic acids is 1. The Morgan fingerprint density at radius 1 is 1.47 bits per heavy atom. The molecule has 0 aliphatic carbocycles. The number of benzene rings is 1. The number of nitrogens with zero attached hydrogens (tertiary/aromatic N) is 1. The summed E-state index contributed by atoms with van der Waals surface area (Å²) in [5.74, 6) is -0.876. The van der Waals surface area contributed by atoms with Crippen molar-refractivity contribution < 1.29 is 15.0 Å². The molecule has 5 heteroatoms. The average molecular weight is 270 g/mol. The number of fused-ring (bicyclic) bond motifs is 1. The minimum atomic E-state index is -0.974. The van der Waals surface area contributed by atoms with Crippen molar-refractivity contribution in [3.05, 3.63) is 28.4 Å². The smallest absolute Gasteiger partial charge is 0.337 e.